The maximum Gasteiger partial charge on any atom is 0.410 e. The van der Waals surface area contributed by atoms with Crippen LogP contribution in [0, 0.1) is 0 Å². The predicted octanol–water partition coefficient (Wildman–Crippen LogP) is 0.722. The van der Waals surface area contributed by atoms with Gasteiger partial charge in [0.1, 0.15) is 5.60 Å². The molecular formula is C12H21NO6. The number of hydrogen-bond acceptors (Lipinski definition) is 5. The maximum atomic E-state index is 12.0. The Bertz CT molecular complexity index is 338. The fourth-order valence-electron chi connectivity index (χ4n) is 1.62. The van der Waals surface area contributed by atoms with Crippen LogP contribution in [0.3, 0.4) is 0 Å². The Morgan fingerprint density at radius 3 is 2.42 bits per heavy atom. The fraction of sp³-hybridized carbons (Fsp3) is 0.833. The SMILES string of the molecule is CO[C@H]1CO[C@H](C(=O)O)CN(C(=O)OC(C)(C)C)C1. The van der Waals surface area contributed by atoms with Gasteiger partial charge < -0.3 is 24.2 Å². The van der Waals surface area contributed by atoms with Gasteiger partial charge in [0.2, 0.25) is 0 Å². The lowest BCUT2D eigenvalue weighted by molar-refractivity contribution is -0.151. The van der Waals surface area contributed by atoms with Crippen LogP contribution in [0.25, 0.3) is 0 Å². The van der Waals surface area contributed by atoms with Crippen molar-refractivity contribution in [3.63, 3.8) is 0 Å². The number of carbonyl (C=O) groups excluding carboxylic acids is 1. The molecule has 7 nitrogen and oxygen atoms in total. The van der Waals surface area contributed by atoms with E-state index in [-0.39, 0.29) is 25.8 Å². The van der Waals surface area contributed by atoms with Crippen LogP contribution in [0.4, 0.5) is 4.79 Å². The van der Waals surface area contributed by atoms with Crippen LogP contribution >= 0.6 is 0 Å². The molecule has 0 bridgehead atoms. The van der Waals surface area contributed by atoms with Gasteiger partial charge in [-0.05, 0) is 20.8 Å². The van der Waals surface area contributed by atoms with Gasteiger partial charge in [-0.1, -0.05) is 0 Å². The van der Waals surface area contributed by atoms with Crippen molar-refractivity contribution in [2.45, 2.75) is 38.6 Å². The van der Waals surface area contributed by atoms with Crippen LogP contribution in [-0.2, 0) is 19.0 Å². The fourth-order valence-corrected chi connectivity index (χ4v) is 1.62. The summed E-state index contributed by atoms with van der Waals surface area (Å²) in [6, 6.07) is 0. The van der Waals surface area contributed by atoms with Crippen molar-refractivity contribution in [3.8, 4) is 0 Å². The molecule has 2 atom stereocenters. The van der Waals surface area contributed by atoms with Crippen molar-refractivity contribution in [1.29, 1.82) is 0 Å². The molecule has 7 heteroatoms. The third kappa shape index (κ3) is 5.04. The highest BCUT2D eigenvalue weighted by atomic mass is 16.6. The van der Waals surface area contributed by atoms with Crippen molar-refractivity contribution < 1.29 is 28.9 Å². The minimum atomic E-state index is -1.11. The van der Waals surface area contributed by atoms with E-state index in [0.29, 0.717) is 0 Å². The summed E-state index contributed by atoms with van der Waals surface area (Å²) in [5.74, 6) is -1.11. The number of nitrogens with zero attached hydrogens (tertiary/aromatic N) is 1. The molecule has 0 aliphatic carbocycles. The van der Waals surface area contributed by atoms with Crippen molar-refractivity contribution in [2.24, 2.45) is 0 Å². The number of ether oxygens (including phenoxy) is 3. The van der Waals surface area contributed by atoms with E-state index in [1.165, 1.54) is 12.0 Å². The van der Waals surface area contributed by atoms with Crippen molar-refractivity contribution in [3.05, 3.63) is 0 Å². The number of amides is 1. The first-order valence-corrected chi connectivity index (χ1v) is 6.08. The monoisotopic (exact) mass is 275 g/mol. The highest BCUT2D eigenvalue weighted by molar-refractivity contribution is 5.74. The van der Waals surface area contributed by atoms with Crippen LogP contribution < -0.4 is 0 Å². The minimum Gasteiger partial charge on any atom is -0.479 e. The first-order valence-electron chi connectivity index (χ1n) is 6.08. The molecule has 0 aromatic rings. The van der Waals surface area contributed by atoms with Crippen LogP contribution in [0.1, 0.15) is 20.8 Å². The van der Waals surface area contributed by atoms with Gasteiger partial charge in [-0.15, -0.1) is 0 Å². The van der Waals surface area contributed by atoms with E-state index in [0.717, 1.165) is 0 Å². The summed E-state index contributed by atoms with van der Waals surface area (Å²) in [5.41, 5.74) is -0.633. The third-order valence-corrected chi connectivity index (χ3v) is 2.55. The summed E-state index contributed by atoms with van der Waals surface area (Å²) >= 11 is 0. The molecule has 0 saturated carbocycles. The van der Waals surface area contributed by atoms with Crippen molar-refractivity contribution in [1.82, 2.24) is 4.90 Å². The van der Waals surface area contributed by atoms with Crippen LogP contribution in [-0.4, -0.2) is 66.7 Å². The van der Waals surface area contributed by atoms with Gasteiger partial charge in [0.05, 0.1) is 25.8 Å². The highest BCUT2D eigenvalue weighted by Crippen LogP contribution is 2.14. The molecule has 1 fully saturated rings. The van der Waals surface area contributed by atoms with E-state index in [9.17, 15) is 9.59 Å². The lowest BCUT2D eigenvalue weighted by atomic mass is 10.2. The smallest absolute Gasteiger partial charge is 0.410 e. The lowest BCUT2D eigenvalue weighted by Crippen LogP contribution is -2.44. The number of carboxylic acid groups (broad SMARTS) is 1. The molecular weight excluding hydrogens is 254 g/mol. The summed E-state index contributed by atoms with van der Waals surface area (Å²) in [5, 5.41) is 9.01. The van der Waals surface area contributed by atoms with Gasteiger partial charge in [0.15, 0.2) is 6.10 Å². The zero-order valence-corrected chi connectivity index (χ0v) is 11.7. The molecule has 0 unspecified atom stereocenters. The topological polar surface area (TPSA) is 85.3 Å². The number of aliphatic carboxylic acids is 1. The van der Waals surface area contributed by atoms with E-state index in [1.54, 1.807) is 20.8 Å². The summed E-state index contributed by atoms with van der Waals surface area (Å²) in [4.78, 5) is 24.3. The third-order valence-electron chi connectivity index (χ3n) is 2.55. The van der Waals surface area contributed by atoms with Gasteiger partial charge in [0.25, 0.3) is 0 Å². The van der Waals surface area contributed by atoms with Crippen molar-refractivity contribution in [2.75, 3.05) is 26.8 Å². The average Bonchev–Trinajstić information content (AvgIpc) is 2.48. The molecule has 0 aromatic carbocycles. The Morgan fingerprint density at radius 1 is 1.32 bits per heavy atom. The second-order valence-electron chi connectivity index (χ2n) is 5.40. The van der Waals surface area contributed by atoms with E-state index in [4.69, 9.17) is 19.3 Å². The minimum absolute atomic E-state index is 0.0515. The molecule has 110 valence electrons. The number of carbonyl (C=O) groups is 2. The van der Waals surface area contributed by atoms with E-state index >= 15 is 0 Å². The number of rotatable bonds is 2. The Balaban J connectivity index is 2.76. The van der Waals surface area contributed by atoms with Crippen LogP contribution in [0.2, 0.25) is 0 Å². The predicted molar refractivity (Wildman–Crippen MR) is 66.0 cm³/mol. The quantitative estimate of drug-likeness (QED) is 0.799. The molecule has 1 N–H and O–H groups in total. The Kier molecular flexibility index (Phi) is 5.13. The van der Waals surface area contributed by atoms with E-state index in [1.807, 2.05) is 0 Å². The first-order chi connectivity index (χ1) is 8.73. The zero-order chi connectivity index (χ0) is 14.6. The molecule has 0 radical (unpaired) electrons. The van der Waals surface area contributed by atoms with Gasteiger partial charge in [0, 0.05) is 7.11 Å². The Labute approximate surface area is 112 Å². The molecule has 1 heterocycles. The molecule has 1 aliphatic heterocycles. The Hall–Kier alpha value is -1.34. The van der Waals surface area contributed by atoms with Gasteiger partial charge in [-0.2, -0.15) is 0 Å². The highest BCUT2D eigenvalue weighted by Gasteiger charge is 2.33. The maximum absolute atomic E-state index is 12.0. The van der Waals surface area contributed by atoms with E-state index in [2.05, 4.69) is 0 Å². The van der Waals surface area contributed by atoms with Crippen LogP contribution in [0.5, 0.6) is 0 Å². The first kappa shape index (κ1) is 15.7. The average molecular weight is 275 g/mol. The molecule has 19 heavy (non-hydrogen) atoms. The van der Waals surface area contributed by atoms with Gasteiger partial charge in [-0.25, -0.2) is 9.59 Å². The number of hydrogen-bond donors (Lipinski definition) is 1. The van der Waals surface area contributed by atoms with Gasteiger partial charge >= 0.3 is 12.1 Å². The standard InChI is InChI=1S/C12H21NO6/c1-12(2,3)19-11(16)13-5-8(17-4)7-18-9(6-13)10(14)15/h8-9H,5-7H2,1-4H3,(H,14,15)/t8-,9+/m1/s1. The van der Waals surface area contributed by atoms with E-state index < -0.39 is 23.8 Å². The number of carboxylic acids is 1. The molecule has 1 aliphatic rings. The molecule has 0 spiro atoms. The normalized spacial score (nSPS) is 24.7. The molecule has 0 aromatic heterocycles. The molecule has 1 rings (SSSR count). The summed E-state index contributed by atoms with van der Waals surface area (Å²) in [7, 11) is 1.49. The second-order valence-corrected chi connectivity index (χ2v) is 5.40. The molecule has 1 saturated heterocycles. The van der Waals surface area contributed by atoms with Gasteiger partial charge in [-0.3, -0.25) is 0 Å². The molecule has 1 amide bonds. The summed E-state index contributed by atoms with van der Waals surface area (Å²) in [6.45, 7) is 5.58. The summed E-state index contributed by atoms with van der Waals surface area (Å²) in [6.07, 6.45) is -1.99. The Morgan fingerprint density at radius 2 is 1.95 bits per heavy atom. The largest absolute Gasteiger partial charge is 0.479 e. The second kappa shape index (κ2) is 6.21. The lowest BCUT2D eigenvalue weighted by Gasteiger charge is -2.28. The number of methoxy groups -OCH3 is 1. The van der Waals surface area contributed by atoms with Crippen LogP contribution in [0.15, 0.2) is 0 Å². The summed E-state index contributed by atoms with van der Waals surface area (Å²) < 4.78 is 15.6. The van der Waals surface area contributed by atoms with Crippen molar-refractivity contribution >= 4 is 12.1 Å². The zero-order valence-electron chi connectivity index (χ0n) is 11.7.